The highest BCUT2D eigenvalue weighted by Gasteiger charge is 2.30. The average molecular weight is 263 g/mol. The maximum absolute atomic E-state index is 6.53. The summed E-state index contributed by atoms with van der Waals surface area (Å²) >= 11 is 1.94. The van der Waals surface area contributed by atoms with Gasteiger partial charge in [-0.2, -0.15) is 0 Å². The average Bonchev–Trinajstić information content (AvgIpc) is 2.41. The molecule has 0 aliphatic heterocycles. The van der Waals surface area contributed by atoms with Crippen molar-refractivity contribution in [1.82, 2.24) is 0 Å². The van der Waals surface area contributed by atoms with Crippen molar-refractivity contribution in [2.75, 3.05) is 5.75 Å². The van der Waals surface area contributed by atoms with Gasteiger partial charge in [0, 0.05) is 10.4 Å². The summed E-state index contributed by atoms with van der Waals surface area (Å²) < 4.78 is 0. The smallest absolute Gasteiger partial charge is 0.0162 e. The summed E-state index contributed by atoms with van der Waals surface area (Å²) in [6, 6.07) is 10.6. The van der Waals surface area contributed by atoms with Crippen LogP contribution in [0.25, 0.3) is 0 Å². The van der Waals surface area contributed by atoms with Crippen LogP contribution < -0.4 is 5.73 Å². The zero-order valence-corrected chi connectivity index (χ0v) is 12.2. The van der Waals surface area contributed by atoms with Gasteiger partial charge in [0.2, 0.25) is 0 Å². The summed E-state index contributed by atoms with van der Waals surface area (Å²) in [5.74, 6) is 2.08. The topological polar surface area (TPSA) is 26.0 Å². The molecule has 1 saturated carbocycles. The van der Waals surface area contributed by atoms with Crippen molar-refractivity contribution in [2.45, 2.75) is 55.9 Å². The second kappa shape index (κ2) is 6.63. The minimum absolute atomic E-state index is 0.119. The molecular weight excluding hydrogens is 238 g/mol. The van der Waals surface area contributed by atoms with Crippen LogP contribution in [-0.4, -0.2) is 11.3 Å². The van der Waals surface area contributed by atoms with Crippen LogP contribution in [0.15, 0.2) is 35.2 Å². The molecule has 100 valence electrons. The Labute approximate surface area is 116 Å². The Morgan fingerprint density at radius 1 is 1.22 bits per heavy atom. The van der Waals surface area contributed by atoms with Crippen molar-refractivity contribution in [2.24, 2.45) is 11.7 Å². The van der Waals surface area contributed by atoms with Crippen LogP contribution >= 0.6 is 11.8 Å². The molecule has 1 aliphatic carbocycles. The van der Waals surface area contributed by atoms with E-state index in [0.29, 0.717) is 0 Å². The molecule has 18 heavy (non-hydrogen) atoms. The highest BCUT2D eigenvalue weighted by molar-refractivity contribution is 7.99. The highest BCUT2D eigenvalue weighted by Crippen LogP contribution is 2.35. The van der Waals surface area contributed by atoms with Gasteiger partial charge < -0.3 is 5.73 Å². The number of benzene rings is 1. The first-order valence-corrected chi connectivity index (χ1v) is 8.17. The number of nitrogens with two attached hydrogens (primary N) is 1. The highest BCUT2D eigenvalue weighted by atomic mass is 32.2. The zero-order chi connectivity index (χ0) is 12.8. The minimum Gasteiger partial charge on any atom is -0.325 e. The van der Waals surface area contributed by atoms with Crippen molar-refractivity contribution >= 4 is 11.8 Å². The summed E-state index contributed by atoms with van der Waals surface area (Å²) in [5, 5.41) is 0. The van der Waals surface area contributed by atoms with Crippen molar-refractivity contribution in [3.63, 3.8) is 0 Å². The Hall–Kier alpha value is -0.470. The molecular formula is C16H25NS. The molecule has 1 aliphatic rings. The third-order valence-corrected chi connectivity index (χ3v) is 5.30. The quantitative estimate of drug-likeness (QED) is 0.793. The molecule has 1 nitrogen and oxygen atoms in total. The fourth-order valence-electron chi connectivity index (χ4n) is 2.80. The Bertz CT molecular complexity index is 341. The minimum atomic E-state index is 0.119. The zero-order valence-electron chi connectivity index (χ0n) is 11.4. The number of rotatable bonds is 5. The maximum Gasteiger partial charge on any atom is 0.0162 e. The molecule has 2 N–H and O–H groups in total. The van der Waals surface area contributed by atoms with E-state index in [-0.39, 0.29) is 5.54 Å². The molecule has 0 radical (unpaired) electrons. The van der Waals surface area contributed by atoms with Crippen molar-refractivity contribution < 1.29 is 0 Å². The molecule has 0 amide bonds. The largest absolute Gasteiger partial charge is 0.325 e. The monoisotopic (exact) mass is 263 g/mol. The first-order chi connectivity index (χ1) is 8.72. The van der Waals surface area contributed by atoms with Gasteiger partial charge in [-0.25, -0.2) is 0 Å². The molecule has 1 aromatic carbocycles. The van der Waals surface area contributed by atoms with E-state index in [1.54, 1.807) is 0 Å². The molecule has 1 aromatic rings. The number of hydrogen-bond acceptors (Lipinski definition) is 2. The standard InChI is InChI=1S/C16H25NS/c1-2-14-8-10-16(17,11-9-14)12-13-18-15-6-4-3-5-7-15/h3-7,14H,2,8-13,17H2,1H3. The van der Waals surface area contributed by atoms with E-state index in [9.17, 15) is 0 Å². The van der Waals surface area contributed by atoms with Gasteiger partial charge in [-0.3, -0.25) is 0 Å². The second-order valence-electron chi connectivity index (χ2n) is 5.63. The van der Waals surface area contributed by atoms with Crippen LogP contribution in [0.5, 0.6) is 0 Å². The van der Waals surface area contributed by atoms with Crippen molar-refractivity contribution in [3.05, 3.63) is 30.3 Å². The first-order valence-electron chi connectivity index (χ1n) is 7.18. The molecule has 0 aromatic heterocycles. The lowest BCUT2D eigenvalue weighted by atomic mass is 9.75. The van der Waals surface area contributed by atoms with Crippen molar-refractivity contribution in [3.8, 4) is 0 Å². The number of thioether (sulfide) groups is 1. The van der Waals surface area contributed by atoms with Gasteiger partial charge in [-0.1, -0.05) is 31.5 Å². The van der Waals surface area contributed by atoms with E-state index in [2.05, 4.69) is 37.3 Å². The number of hydrogen-bond donors (Lipinski definition) is 1. The predicted octanol–water partition coefficient (Wildman–Crippen LogP) is 4.47. The SMILES string of the molecule is CCC1CCC(N)(CCSc2ccccc2)CC1. The summed E-state index contributed by atoms with van der Waals surface area (Å²) in [7, 11) is 0. The van der Waals surface area contributed by atoms with Gasteiger partial charge in [0.15, 0.2) is 0 Å². The Balaban J connectivity index is 1.73. The summed E-state index contributed by atoms with van der Waals surface area (Å²) in [4.78, 5) is 1.36. The van der Waals surface area contributed by atoms with Crippen LogP contribution in [0.1, 0.15) is 45.4 Å². The lowest BCUT2D eigenvalue weighted by Gasteiger charge is -2.37. The molecule has 2 heteroatoms. The van der Waals surface area contributed by atoms with Crippen LogP contribution in [0.4, 0.5) is 0 Å². The molecule has 0 spiro atoms. The van der Waals surface area contributed by atoms with E-state index in [0.717, 1.165) is 18.1 Å². The van der Waals surface area contributed by atoms with Gasteiger partial charge in [-0.05, 0) is 55.9 Å². The molecule has 0 unspecified atom stereocenters. The third kappa shape index (κ3) is 4.03. The predicted molar refractivity (Wildman–Crippen MR) is 81.0 cm³/mol. The van der Waals surface area contributed by atoms with Crippen LogP contribution in [0, 0.1) is 5.92 Å². The molecule has 0 atom stereocenters. The Morgan fingerprint density at radius 2 is 1.89 bits per heavy atom. The molecule has 0 heterocycles. The third-order valence-electron chi connectivity index (χ3n) is 4.29. The molecule has 2 rings (SSSR count). The summed E-state index contributed by atoms with van der Waals surface area (Å²) in [5.41, 5.74) is 6.65. The van der Waals surface area contributed by atoms with E-state index in [4.69, 9.17) is 5.73 Å². The Kier molecular flexibility index (Phi) is 5.13. The second-order valence-corrected chi connectivity index (χ2v) is 6.79. The van der Waals surface area contributed by atoms with Gasteiger partial charge in [-0.15, -0.1) is 11.8 Å². The van der Waals surface area contributed by atoms with Gasteiger partial charge in [0.25, 0.3) is 0 Å². The van der Waals surface area contributed by atoms with Gasteiger partial charge >= 0.3 is 0 Å². The molecule has 0 saturated heterocycles. The first kappa shape index (κ1) is 14.0. The molecule has 0 bridgehead atoms. The van der Waals surface area contributed by atoms with Gasteiger partial charge in [0.05, 0.1) is 0 Å². The normalized spacial score (nSPS) is 28.2. The van der Waals surface area contributed by atoms with E-state index >= 15 is 0 Å². The maximum atomic E-state index is 6.53. The van der Waals surface area contributed by atoms with E-state index in [1.165, 1.54) is 37.0 Å². The fraction of sp³-hybridized carbons (Fsp3) is 0.625. The van der Waals surface area contributed by atoms with E-state index < -0.39 is 0 Å². The van der Waals surface area contributed by atoms with Crippen molar-refractivity contribution in [1.29, 1.82) is 0 Å². The summed E-state index contributed by atoms with van der Waals surface area (Å²) in [6.07, 6.45) is 7.60. The van der Waals surface area contributed by atoms with Crippen LogP contribution in [0.3, 0.4) is 0 Å². The lowest BCUT2D eigenvalue weighted by Crippen LogP contribution is -2.43. The lowest BCUT2D eigenvalue weighted by molar-refractivity contribution is 0.225. The Morgan fingerprint density at radius 3 is 2.50 bits per heavy atom. The van der Waals surface area contributed by atoms with E-state index in [1.807, 2.05) is 11.8 Å². The van der Waals surface area contributed by atoms with Gasteiger partial charge in [0.1, 0.15) is 0 Å². The summed E-state index contributed by atoms with van der Waals surface area (Å²) in [6.45, 7) is 2.30. The van der Waals surface area contributed by atoms with Crippen LogP contribution in [-0.2, 0) is 0 Å². The van der Waals surface area contributed by atoms with Crippen LogP contribution in [0.2, 0.25) is 0 Å². The fourth-order valence-corrected chi connectivity index (χ4v) is 3.89. The molecule has 1 fully saturated rings.